The fraction of sp³-hybridized carbons (Fsp3) is 0.400. The van der Waals surface area contributed by atoms with Gasteiger partial charge in [-0.2, -0.15) is 0 Å². The van der Waals surface area contributed by atoms with Gasteiger partial charge in [0.05, 0.1) is 43.4 Å². The highest BCUT2D eigenvalue weighted by Gasteiger charge is 2.32. The van der Waals surface area contributed by atoms with Crippen LogP contribution in [0, 0.1) is 5.41 Å². The first-order chi connectivity index (χ1) is 23.2. The molecule has 0 aromatic carbocycles. The van der Waals surface area contributed by atoms with Gasteiger partial charge in [0, 0.05) is 68.6 Å². The zero-order valence-corrected chi connectivity index (χ0v) is 27.4. The smallest absolute Gasteiger partial charge is 0.280 e. The number of aromatic nitrogens is 6. The second kappa shape index (κ2) is 11.7. The Balaban J connectivity index is 1.07. The molecule has 5 aromatic rings. The number of ether oxygens (including phenoxy) is 1. The van der Waals surface area contributed by atoms with Crippen molar-refractivity contribution in [2.45, 2.75) is 39.3 Å². The number of nitrogens with one attached hydrogen (secondary N) is 1. The fourth-order valence-corrected chi connectivity index (χ4v) is 7.33. The van der Waals surface area contributed by atoms with E-state index < -0.39 is 6.61 Å². The average molecular weight is 650 g/mol. The van der Waals surface area contributed by atoms with Crippen LogP contribution in [0.1, 0.15) is 30.7 Å². The second-order valence-corrected chi connectivity index (χ2v) is 13.8. The molecule has 2 fully saturated rings. The SMILES string of the molecule is Cn1cc(-c2ncnc(-n3ccn4c5c(cc4c3=O)CC(C)(C)C5)c2CO)cc(Nc2ccc(N3CCN(C4COC4)CC3)cn2)c1=O. The van der Waals surface area contributed by atoms with E-state index in [1.807, 2.05) is 35.0 Å². The number of pyridine rings is 2. The Morgan fingerprint density at radius 3 is 2.52 bits per heavy atom. The van der Waals surface area contributed by atoms with Crippen molar-refractivity contribution in [2.75, 3.05) is 49.6 Å². The van der Waals surface area contributed by atoms with E-state index in [4.69, 9.17) is 4.74 Å². The summed E-state index contributed by atoms with van der Waals surface area (Å²) in [7, 11) is 1.66. The molecule has 0 atom stereocenters. The summed E-state index contributed by atoms with van der Waals surface area (Å²) >= 11 is 0. The highest BCUT2D eigenvalue weighted by atomic mass is 16.5. The number of anilines is 3. The molecule has 248 valence electrons. The van der Waals surface area contributed by atoms with Crippen LogP contribution in [-0.4, -0.2) is 83.9 Å². The van der Waals surface area contributed by atoms with E-state index in [0.717, 1.165) is 63.6 Å². The van der Waals surface area contributed by atoms with Gasteiger partial charge in [0.25, 0.3) is 11.1 Å². The van der Waals surface area contributed by atoms with E-state index in [0.29, 0.717) is 45.7 Å². The highest BCUT2D eigenvalue weighted by Crippen LogP contribution is 2.37. The molecule has 3 aliphatic rings. The molecule has 0 amide bonds. The Labute approximate surface area is 277 Å². The maximum absolute atomic E-state index is 13.8. The van der Waals surface area contributed by atoms with E-state index in [9.17, 15) is 14.7 Å². The Kier molecular flexibility index (Phi) is 7.42. The Morgan fingerprint density at radius 2 is 1.81 bits per heavy atom. The predicted molar refractivity (Wildman–Crippen MR) is 182 cm³/mol. The van der Waals surface area contributed by atoms with Gasteiger partial charge in [0.15, 0.2) is 0 Å². The van der Waals surface area contributed by atoms with Gasteiger partial charge in [-0.15, -0.1) is 0 Å². The van der Waals surface area contributed by atoms with Gasteiger partial charge in [-0.05, 0) is 48.1 Å². The van der Waals surface area contributed by atoms with E-state index in [1.165, 1.54) is 21.0 Å². The standard InChI is InChI=1S/C35H39N9O4/c1-35(2)14-22-13-28-34(47)44(11-10-43(28)29(22)15-35)32-26(18-45)31(37-21-38-32)23-12-27(33(46)40(3)17-23)39-30-5-4-24(16-36-30)41-6-8-42(9-7-41)25-19-48-20-25/h4-5,10-13,16-17,21,25,45H,6-9,14-15,18-20H2,1-3H3,(H,36,39). The molecule has 0 bridgehead atoms. The lowest BCUT2D eigenvalue weighted by Crippen LogP contribution is -2.56. The van der Waals surface area contributed by atoms with Crippen LogP contribution >= 0.6 is 0 Å². The number of aliphatic hydroxyl groups is 1. The number of hydrogen-bond acceptors (Lipinski definition) is 10. The Morgan fingerprint density at radius 1 is 1.00 bits per heavy atom. The minimum Gasteiger partial charge on any atom is -0.391 e. The third-order valence-electron chi connectivity index (χ3n) is 9.94. The summed E-state index contributed by atoms with van der Waals surface area (Å²) in [4.78, 5) is 45.3. The van der Waals surface area contributed by atoms with Crippen LogP contribution in [0.2, 0.25) is 0 Å². The van der Waals surface area contributed by atoms with Crippen LogP contribution in [-0.2, 0) is 31.2 Å². The van der Waals surface area contributed by atoms with Gasteiger partial charge in [-0.25, -0.2) is 15.0 Å². The van der Waals surface area contributed by atoms with Crippen LogP contribution in [0.4, 0.5) is 17.2 Å². The normalized spacial score (nSPS) is 17.9. The molecule has 13 heteroatoms. The van der Waals surface area contributed by atoms with Crippen molar-refractivity contribution in [3.05, 3.63) is 92.9 Å². The van der Waals surface area contributed by atoms with E-state index in [2.05, 4.69) is 43.9 Å². The molecule has 0 saturated carbocycles. The first-order valence-corrected chi connectivity index (χ1v) is 16.4. The summed E-state index contributed by atoms with van der Waals surface area (Å²) in [5, 5.41) is 13.8. The molecular formula is C35H39N9O4. The zero-order chi connectivity index (χ0) is 33.2. The minimum absolute atomic E-state index is 0.163. The first kappa shape index (κ1) is 30.5. The number of rotatable bonds is 7. The largest absolute Gasteiger partial charge is 0.391 e. The van der Waals surface area contributed by atoms with Crippen LogP contribution in [0.3, 0.4) is 0 Å². The summed E-state index contributed by atoms with van der Waals surface area (Å²) in [6, 6.07) is 8.10. The van der Waals surface area contributed by atoms with Crippen LogP contribution in [0.5, 0.6) is 0 Å². The number of aryl methyl sites for hydroxylation is 1. The fourth-order valence-electron chi connectivity index (χ4n) is 7.33. The molecule has 48 heavy (non-hydrogen) atoms. The molecule has 8 rings (SSSR count). The molecule has 5 aromatic heterocycles. The summed E-state index contributed by atoms with van der Waals surface area (Å²) in [5.41, 5.74) is 5.33. The number of nitrogens with zero attached hydrogens (tertiary/aromatic N) is 8. The van der Waals surface area contributed by atoms with Gasteiger partial charge in [-0.1, -0.05) is 13.8 Å². The Bertz CT molecular complexity index is 2140. The molecule has 1 aliphatic carbocycles. The second-order valence-electron chi connectivity index (χ2n) is 13.8. The number of aliphatic hydroxyl groups excluding tert-OH is 1. The van der Waals surface area contributed by atoms with E-state index >= 15 is 0 Å². The first-order valence-electron chi connectivity index (χ1n) is 16.4. The van der Waals surface area contributed by atoms with Gasteiger partial charge >= 0.3 is 0 Å². The van der Waals surface area contributed by atoms with Gasteiger partial charge in [0.2, 0.25) is 0 Å². The van der Waals surface area contributed by atoms with Gasteiger partial charge in [-0.3, -0.25) is 19.1 Å². The summed E-state index contributed by atoms with van der Waals surface area (Å²) in [6.45, 7) is 9.55. The maximum atomic E-state index is 13.8. The van der Waals surface area contributed by atoms with Gasteiger partial charge in [0.1, 0.15) is 29.2 Å². The van der Waals surface area contributed by atoms with E-state index in [-0.39, 0.29) is 16.5 Å². The third-order valence-corrected chi connectivity index (χ3v) is 9.94. The van der Waals surface area contributed by atoms with Crippen LogP contribution in [0.15, 0.2) is 65.0 Å². The summed E-state index contributed by atoms with van der Waals surface area (Å²) in [5.74, 6) is 0.825. The zero-order valence-electron chi connectivity index (χ0n) is 27.4. The van der Waals surface area contributed by atoms with Crippen molar-refractivity contribution in [1.82, 2.24) is 33.4 Å². The third kappa shape index (κ3) is 5.27. The molecule has 2 saturated heterocycles. The Hall–Kier alpha value is -4.85. The maximum Gasteiger partial charge on any atom is 0.280 e. The average Bonchev–Trinajstić information content (AvgIpc) is 3.55. The van der Waals surface area contributed by atoms with Crippen molar-refractivity contribution in [2.24, 2.45) is 12.5 Å². The molecule has 0 spiro atoms. The molecule has 0 radical (unpaired) electrons. The molecule has 0 unspecified atom stereocenters. The number of hydrogen-bond donors (Lipinski definition) is 2. The topological polar surface area (TPSA) is 135 Å². The van der Waals surface area contributed by atoms with Gasteiger partial charge < -0.3 is 29.0 Å². The van der Waals surface area contributed by atoms with Crippen LogP contribution < -0.4 is 21.3 Å². The van der Waals surface area contributed by atoms with Crippen molar-refractivity contribution < 1.29 is 9.84 Å². The molecular weight excluding hydrogens is 610 g/mol. The lowest BCUT2D eigenvalue weighted by Gasteiger charge is -2.43. The minimum atomic E-state index is -0.411. The molecule has 7 heterocycles. The van der Waals surface area contributed by atoms with Crippen molar-refractivity contribution >= 4 is 22.7 Å². The molecule has 2 N–H and O–H groups in total. The van der Waals surface area contributed by atoms with Crippen molar-refractivity contribution in [1.29, 1.82) is 0 Å². The number of fused-ring (bicyclic) bond motifs is 3. The lowest BCUT2D eigenvalue weighted by atomic mass is 9.90. The number of piperazine rings is 1. The molecule has 2 aliphatic heterocycles. The lowest BCUT2D eigenvalue weighted by molar-refractivity contribution is -0.0660. The highest BCUT2D eigenvalue weighted by molar-refractivity contribution is 5.71. The van der Waals surface area contributed by atoms with Crippen LogP contribution in [0.25, 0.3) is 22.6 Å². The quantitative estimate of drug-likeness (QED) is 0.271. The van der Waals surface area contributed by atoms with E-state index in [1.54, 1.807) is 25.5 Å². The van der Waals surface area contributed by atoms with Crippen molar-refractivity contribution in [3.63, 3.8) is 0 Å². The molecule has 13 nitrogen and oxygen atoms in total. The predicted octanol–water partition coefficient (Wildman–Crippen LogP) is 2.52. The summed E-state index contributed by atoms with van der Waals surface area (Å²) < 4.78 is 10.2. The monoisotopic (exact) mass is 649 g/mol. The van der Waals surface area contributed by atoms with Crippen molar-refractivity contribution in [3.8, 4) is 17.1 Å². The summed E-state index contributed by atoms with van der Waals surface area (Å²) in [6.07, 6.45) is 10.3.